The van der Waals surface area contributed by atoms with Crippen molar-refractivity contribution < 1.29 is 17.6 Å². The van der Waals surface area contributed by atoms with Gasteiger partial charge in [0.2, 0.25) is 10.0 Å². The second kappa shape index (κ2) is 5.73. The van der Waals surface area contributed by atoms with Crippen molar-refractivity contribution in [3.63, 3.8) is 0 Å². The standard InChI is InChI=1S/C14H19FN2O3S/c1-3-10-5-4-9(2)17(10)14(18)12-7-6-11(8-13(12)15)21(16,19)20/h6-10H,3-5H2,1-2H3,(H2,16,19,20). The Balaban J connectivity index is 2.36. The summed E-state index contributed by atoms with van der Waals surface area (Å²) in [5.41, 5.74) is -0.116. The molecule has 1 saturated heterocycles. The van der Waals surface area contributed by atoms with Crippen LogP contribution in [0.4, 0.5) is 4.39 Å². The fourth-order valence-electron chi connectivity index (χ4n) is 2.82. The average Bonchev–Trinajstić information content (AvgIpc) is 2.78. The van der Waals surface area contributed by atoms with Crippen LogP contribution in [0.15, 0.2) is 23.1 Å². The quantitative estimate of drug-likeness (QED) is 0.925. The first-order valence-electron chi connectivity index (χ1n) is 6.90. The van der Waals surface area contributed by atoms with Gasteiger partial charge in [-0.3, -0.25) is 4.79 Å². The summed E-state index contributed by atoms with van der Waals surface area (Å²) in [6.07, 6.45) is 2.61. The molecule has 0 spiro atoms. The molecule has 1 fully saturated rings. The maximum Gasteiger partial charge on any atom is 0.257 e. The molecule has 2 unspecified atom stereocenters. The van der Waals surface area contributed by atoms with Crippen molar-refractivity contribution in [3.05, 3.63) is 29.6 Å². The monoisotopic (exact) mass is 314 g/mol. The molecule has 1 heterocycles. The Morgan fingerprint density at radius 3 is 2.62 bits per heavy atom. The Labute approximate surface area is 124 Å². The smallest absolute Gasteiger partial charge is 0.257 e. The van der Waals surface area contributed by atoms with E-state index in [1.165, 1.54) is 6.07 Å². The summed E-state index contributed by atoms with van der Waals surface area (Å²) in [7, 11) is -3.98. The molecule has 2 atom stereocenters. The number of benzene rings is 1. The van der Waals surface area contributed by atoms with E-state index in [-0.39, 0.29) is 22.5 Å². The third kappa shape index (κ3) is 3.08. The maximum atomic E-state index is 14.1. The largest absolute Gasteiger partial charge is 0.333 e. The highest BCUT2D eigenvalue weighted by molar-refractivity contribution is 7.89. The molecule has 0 radical (unpaired) electrons. The lowest BCUT2D eigenvalue weighted by Crippen LogP contribution is -2.40. The molecule has 0 bridgehead atoms. The van der Waals surface area contributed by atoms with Crippen molar-refractivity contribution in [2.75, 3.05) is 0 Å². The highest BCUT2D eigenvalue weighted by atomic mass is 32.2. The van der Waals surface area contributed by atoms with Crippen LogP contribution in [0.1, 0.15) is 43.5 Å². The van der Waals surface area contributed by atoms with Gasteiger partial charge in [0.05, 0.1) is 10.5 Å². The third-order valence-electron chi connectivity index (χ3n) is 3.99. The number of rotatable bonds is 3. The molecule has 0 aromatic heterocycles. The van der Waals surface area contributed by atoms with Crippen LogP contribution >= 0.6 is 0 Å². The maximum absolute atomic E-state index is 14.1. The highest BCUT2D eigenvalue weighted by Gasteiger charge is 2.34. The Kier molecular flexibility index (Phi) is 4.34. The van der Waals surface area contributed by atoms with E-state index in [9.17, 15) is 17.6 Å². The van der Waals surface area contributed by atoms with Crippen molar-refractivity contribution >= 4 is 15.9 Å². The summed E-state index contributed by atoms with van der Waals surface area (Å²) in [5, 5.41) is 4.95. The zero-order valence-electron chi connectivity index (χ0n) is 12.0. The molecule has 1 amide bonds. The highest BCUT2D eigenvalue weighted by Crippen LogP contribution is 2.28. The van der Waals surface area contributed by atoms with Crippen LogP contribution in [0, 0.1) is 5.82 Å². The number of nitrogens with two attached hydrogens (primary N) is 1. The molecule has 1 aromatic rings. The Morgan fingerprint density at radius 2 is 2.10 bits per heavy atom. The molecule has 5 nitrogen and oxygen atoms in total. The lowest BCUT2D eigenvalue weighted by Gasteiger charge is -2.28. The number of nitrogens with zero attached hydrogens (tertiary/aromatic N) is 1. The summed E-state index contributed by atoms with van der Waals surface area (Å²) < 4.78 is 36.5. The van der Waals surface area contributed by atoms with Gasteiger partial charge < -0.3 is 4.90 Å². The van der Waals surface area contributed by atoms with Gasteiger partial charge in [-0.2, -0.15) is 0 Å². The summed E-state index contributed by atoms with van der Waals surface area (Å²) in [6.45, 7) is 3.92. The van der Waals surface area contributed by atoms with Crippen molar-refractivity contribution in [3.8, 4) is 0 Å². The molecule has 0 saturated carbocycles. The molecule has 21 heavy (non-hydrogen) atoms. The van der Waals surface area contributed by atoms with Crippen LogP contribution in [-0.4, -0.2) is 31.3 Å². The van der Waals surface area contributed by atoms with Gasteiger partial charge in [-0.05, 0) is 44.4 Å². The van der Waals surface area contributed by atoms with Crippen molar-refractivity contribution in [2.45, 2.75) is 50.1 Å². The van der Waals surface area contributed by atoms with Gasteiger partial charge in [-0.1, -0.05) is 6.92 Å². The zero-order chi connectivity index (χ0) is 15.8. The summed E-state index contributed by atoms with van der Waals surface area (Å²) in [5.74, 6) is -1.26. The van der Waals surface area contributed by atoms with E-state index in [1.54, 1.807) is 4.90 Å². The number of carbonyl (C=O) groups excluding carboxylic acids is 1. The molecule has 2 rings (SSSR count). The van der Waals surface area contributed by atoms with Crippen molar-refractivity contribution in [1.82, 2.24) is 4.90 Å². The van der Waals surface area contributed by atoms with E-state index in [2.05, 4.69) is 0 Å². The molecular formula is C14H19FN2O3S. The number of halogens is 1. The van der Waals surface area contributed by atoms with Crippen LogP contribution in [0.25, 0.3) is 0 Å². The van der Waals surface area contributed by atoms with Gasteiger partial charge in [0.15, 0.2) is 0 Å². The number of primary sulfonamides is 1. The van der Waals surface area contributed by atoms with Gasteiger partial charge in [0.25, 0.3) is 5.91 Å². The molecule has 1 aliphatic rings. The second-order valence-corrected chi connectivity index (χ2v) is 6.95. The van der Waals surface area contributed by atoms with E-state index < -0.39 is 21.7 Å². The van der Waals surface area contributed by atoms with E-state index >= 15 is 0 Å². The summed E-state index contributed by atoms with van der Waals surface area (Å²) in [6, 6.07) is 3.30. The summed E-state index contributed by atoms with van der Waals surface area (Å²) in [4.78, 5) is 13.9. The molecule has 116 valence electrons. The third-order valence-corrected chi connectivity index (χ3v) is 4.90. The number of hydrogen-bond donors (Lipinski definition) is 1. The summed E-state index contributed by atoms with van der Waals surface area (Å²) >= 11 is 0. The van der Waals surface area contributed by atoms with Crippen LogP contribution in [0.2, 0.25) is 0 Å². The zero-order valence-corrected chi connectivity index (χ0v) is 12.9. The van der Waals surface area contributed by atoms with Crippen LogP contribution < -0.4 is 5.14 Å². The lowest BCUT2D eigenvalue weighted by atomic mass is 10.1. The Hall–Kier alpha value is -1.47. The number of sulfonamides is 1. The number of amides is 1. The minimum atomic E-state index is -3.98. The van der Waals surface area contributed by atoms with Crippen LogP contribution in [0.5, 0.6) is 0 Å². The fourth-order valence-corrected chi connectivity index (χ4v) is 3.35. The van der Waals surface area contributed by atoms with Crippen LogP contribution in [0.3, 0.4) is 0 Å². The first kappa shape index (κ1) is 15.9. The molecule has 7 heteroatoms. The predicted octanol–water partition coefficient (Wildman–Crippen LogP) is 1.88. The van der Waals surface area contributed by atoms with Gasteiger partial charge in [0.1, 0.15) is 5.82 Å². The van der Waals surface area contributed by atoms with Gasteiger partial charge in [0, 0.05) is 12.1 Å². The van der Waals surface area contributed by atoms with E-state index in [4.69, 9.17) is 5.14 Å². The molecule has 1 aliphatic heterocycles. The first-order chi connectivity index (χ1) is 9.75. The number of carbonyl (C=O) groups is 1. The molecule has 1 aromatic carbocycles. The van der Waals surface area contributed by atoms with E-state index in [0.717, 1.165) is 31.4 Å². The lowest BCUT2D eigenvalue weighted by molar-refractivity contribution is 0.0671. The van der Waals surface area contributed by atoms with Crippen molar-refractivity contribution in [1.29, 1.82) is 0 Å². The average molecular weight is 314 g/mol. The second-order valence-electron chi connectivity index (χ2n) is 5.39. The van der Waals surface area contributed by atoms with Crippen LogP contribution in [-0.2, 0) is 10.0 Å². The molecule has 0 aliphatic carbocycles. The number of likely N-dealkylation sites (tertiary alicyclic amines) is 1. The normalized spacial score (nSPS) is 22.6. The van der Waals surface area contributed by atoms with E-state index in [0.29, 0.717) is 0 Å². The van der Waals surface area contributed by atoms with E-state index in [1.807, 2.05) is 13.8 Å². The van der Waals surface area contributed by atoms with Gasteiger partial charge >= 0.3 is 0 Å². The van der Waals surface area contributed by atoms with Crippen molar-refractivity contribution in [2.24, 2.45) is 5.14 Å². The first-order valence-corrected chi connectivity index (χ1v) is 8.45. The van der Waals surface area contributed by atoms with Gasteiger partial charge in [-0.25, -0.2) is 17.9 Å². The fraction of sp³-hybridized carbons (Fsp3) is 0.500. The topological polar surface area (TPSA) is 80.5 Å². The molecule has 2 N–H and O–H groups in total. The molecular weight excluding hydrogens is 295 g/mol. The minimum Gasteiger partial charge on any atom is -0.333 e. The Bertz CT molecular complexity index is 660. The Morgan fingerprint density at radius 1 is 1.43 bits per heavy atom. The SMILES string of the molecule is CCC1CCC(C)N1C(=O)c1ccc(S(N)(=O)=O)cc1F. The minimum absolute atomic E-state index is 0.0553. The van der Waals surface area contributed by atoms with Gasteiger partial charge in [-0.15, -0.1) is 0 Å². The predicted molar refractivity (Wildman–Crippen MR) is 76.7 cm³/mol. The number of hydrogen-bond acceptors (Lipinski definition) is 3.